The lowest BCUT2D eigenvalue weighted by molar-refractivity contribution is -0.0317. The Balaban J connectivity index is 2.05. The molecule has 4 amide bonds. The van der Waals surface area contributed by atoms with Crippen LogP contribution in [0.25, 0.3) is 0 Å². The van der Waals surface area contributed by atoms with Gasteiger partial charge in [-0.2, -0.15) is 23.3 Å². The third-order valence-corrected chi connectivity index (χ3v) is 4.67. The number of aromatic nitrogens is 2. The van der Waals surface area contributed by atoms with E-state index >= 15 is 0 Å². The van der Waals surface area contributed by atoms with Crippen LogP contribution in [-0.2, 0) is 14.7 Å². The average molecular weight is 431 g/mol. The van der Waals surface area contributed by atoms with Gasteiger partial charge in [-0.05, 0) is 6.92 Å². The minimum Gasteiger partial charge on any atom is -0.465 e. The van der Waals surface area contributed by atoms with Crippen LogP contribution in [0.4, 0.5) is 14.4 Å². The van der Waals surface area contributed by atoms with E-state index in [0.29, 0.717) is 5.06 Å². The number of urea groups is 1. The molecule has 2 atom stereocenters. The smallest absolute Gasteiger partial charge is 0.418 e. The summed E-state index contributed by atoms with van der Waals surface area (Å²) in [6.07, 6.45) is -0.569. The SMILES string of the molecule is CCNC(=O)n1ncc2c1C(CC(=N)NC(=O)O)N1C[C@H]2N(OS(=O)(=O)O)C1=O. The van der Waals surface area contributed by atoms with Crippen molar-refractivity contribution in [3.05, 3.63) is 17.5 Å². The van der Waals surface area contributed by atoms with E-state index in [9.17, 15) is 22.8 Å². The van der Waals surface area contributed by atoms with Gasteiger partial charge < -0.3 is 15.3 Å². The zero-order chi connectivity index (χ0) is 21.5. The highest BCUT2D eigenvalue weighted by Gasteiger charge is 2.52. The number of carboxylic acid groups (broad SMARTS) is 1. The molecule has 15 nitrogen and oxygen atoms in total. The molecule has 2 aliphatic heterocycles. The molecule has 0 spiro atoms. The highest BCUT2D eigenvalue weighted by Crippen LogP contribution is 2.45. The van der Waals surface area contributed by atoms with Crippen LogP contribution >= 0.6 is 0 Å². The predicted molar refractivity (Wildman–Crippen MR) is 92.3 cm³/mol. The molecule has 0 radical (unpaired) electrons. The van der Waals surface area contributed by atoms with E-state index in [0.717, 1.165) is 9.58 Å². The number of nitrogens with zero attached hydrogens (tertiary/aromatic N) is 4. The first kappa shape index (κ1) is 20.5. The van der Waals surface area contributed by atoms with Crippen LogP contribution in [0.1, 0.15) is 36.7 Å². The zero-order valence-electron chi connectivity index (χ0n) is 14.9. The summed E-state index contributed by atoms with van der Waals surface area (Å²) in [5.74, 6) is -0.461. The summed E-state index contributed by atoms with van der Waals surface area (Å²) < 4.78 is 36.6. The highest BCUT2D eigenvalue weighted by atomic mass is 32.3. The Morgan fingerprint density at radius 1 is 1.45 bits per heavy atom. The monoisotopic (exact) mass is 431 g/mol. The minimum atomic E-state index is -5.02. The Labute approximate surface area is 163 Å². The number of nitrogens with one attached hydrogen (secondary N) is 3. The summed E-state index contributed by atoms with van der Waals surface area (Å²) in [4.78, 5) is 36.9. The van der Waals surface area contributed by atoms with Crippen molar-refractivity contribution in [2.24, 2.45) is 0 Å². The number of carbonyl (C=O) groups excluding carboxylic acids is 2. The van der Waals surface area contributed by atoms with Gasteiger partial charge in [0.1, 0.15) is 11.9 Å². The first-order valence-corrected chi connectivity index (χ1v) is 9.60. The highest BCUT2D eigenvalue weighted by molar-refractivity contribution is 7.80. The summed E-state index contributed by atoms with van der Waals surface area (Å²) in [5, 5.41) is 25.4. The fourth-order valence-electron chi connectivity index (χ4n) is 3.35. The molecule has 1 unspecified atom stereocenters. The van der Waals surface area contributed by atoms with Gasteiger partial charge in [0.05, 0.1) is 24.5 Å². The molecule has 0 aliphatic carbocycles. The van der Waals surface area contributed by atoms with Crippen LogP contribution in [0.15, 0.2) is 6.20 Å². The van der Waals surface area contributed by atoms with Crippen molar-refractivity contribution in [2.45, 2.75) is 25.4 Å². The molecule has 158 valence electrons. The van der Waals surface area contributed by atoms with E-state index < -0.39 is 46.5 Å². The second-order valence-corrected chi connectivity index (χ2v) is 7.14. The molecule has 5 N–H and O–H groups in total. The lowest BCUT2D eigenvalue weighted by Gasteiger charge is -2.31. The Hall–Kier alpha value is -3.24. The Bertz CT molecular complexity index is 989. The second kappa shape index (κ2) is 7.30. The predicted octanol–water partition coefficient (Wildman–Crippen LogP) is -0.337. The van der Waals surface area contributed by atoms with Gasteiger partial charge in [-0.25, -0.2) is 14.4 Å². The Kier molecular flexibility index (Phi) is 5.16. The number of amides is 4. The number of amidine groups is 1. The molecular weight excluding hydrogens is 414 g/mol. The topological polar surface area (TPSA) is 207 Å². The van der Waals surface area contributed by atoms with Crippen LogP contribution in [-0.4, -0.2) is 74.9 Å². The molecule has 1 fully saturated rings. The maximum absolute atomic E-state index is 12.7. The van der Waals surface area contributed by atoms with E-state index in [1.165, 1.54) is 6.20 Å². The van der Waals surface area contributed by atoms with Crippen molar-refractivity contribution in [2.75, 3.05) is 13.1 Å². The second-order valence-electron chi connectivity index (χ2n) is 6.14. The van der Waals surface area contributed by atoms with Crippen LogP contribution in [0, 0.1) is 5.41 Å². The van der Waals surface area contributed by atoms with Gasteiger partial charge in [-0.3, -0.25) is 15.3 Å². The van der Waals surface area contributed by atoms with Crippen molar-refractivity contribution < 1.29 is 36.7 Å². The van der Waals surface area contributed by atoms with Gasteiger partial charge in [0.25, 0.3) is 0 Å². The normalized spacial score (nSPS) is 20.4. The van der Waals surface area contributed by atoms with E-state index in [2.05, 4.69) is 14.7 Å². The molecule has 3 heterocycles. The third kappa shape index (κ3) is 3.84. The molecule has 1 saturated heterocycles. The van der Waals surface area contributed by atoms with E-state index in [1.807, 2.05) is 5.32 Å². The number of hydroxylamine groups is 2. The number of hydrogen-bond donors (Lipinski definition) is 5. The summed E-state index contributed by atoms with van der Waals surface area (Å²) in [7, 11) is -5.02. The molecular formula is C13H17N7O8S. The van der Waals surface area contributed by atoms with Gasteiger partial charge in [0, 0.05) is 18.5 Å². The quantitative estimate of drug-likeness (QED) is 0.234. The largest absolute Gasteiger partial charge is 0.465 e. The zero-order valence-corrected chi connectivity index (χ0v) is 15.7. The fourth-order valence-corrected chi connectivity index (χ4v) is 3.72. The van der Waals surface area contributed by atoms with Crippen molar-refractivity contribution in [3.63, 3.8) is 0 Å². The van der Waals surface area contributed by atoms with E-state index in [1.54, 1.807) is 6.92 Å². The minimum absolute atomic E-state index is 0.0898. The number of carbonyl (C=O) groups is 3. The summed E-state index contributed by atoms with van der Waals surface area (Å²) in [6, 6.07) is -3.60. The maximum atomic E-state index is 12.7. The molecule has 1 aromatic heterocycles. The van der Waals surface area contributed by atoms with Crippen LogP contribution in [0.5, 0.6) is 0 Å². The van der Waals surface area contributed by atoms with Crippen molar-refractivity contribution in [3.8, 4) is 0 Å². The maximum Gasteiger partial charge on any atom is 0.418 e. The lowest BCUT2D eigenvalue weighted by atomic mass is 9.95. The molecule has 1 aromatic rings. The summed E-state index contributed by atoms with van der Waals surface area (Å²) >= 11 is 0. The number of rotatable bonds is 5. The standard InChI is InChI=1S/C13H17N7O8S/c1-2-15-11(21)19-10-6(4-16-19)8-5-18(7(10)3-9(14)17-12(22)23)13(24)20(8)28-29(25,26)27/h4,7-8H,2-3,5H2,1H3,(H2,14,17)(H,15,21)(H,22,23)(H,25,26,27)/t7?,8-/m1/s1. The van der Waals surface area contributed by atoms with Gasteiger partial charge in [0.15, 0.2) is 0 Å². The molecule has 16 heteroatoms. The number of hydrogen-bond acceptors (Lipinski definition) is 8. The van der Waals surface area contributed by atoms with Crippen molar-refractivity contribution in [1.29, 1.82) is 5.41 Å². The molecule has 2 aliphatic rings. The molecule has 0 saturated carbocycles. The van der Waals surface area contributed by atoms with E-state index in [4.69, 9.17) is 15.1 Å². The van der Waals surface area contributed by atoms with Gasteiger partial charge >= 0.3 is 28.6 Å². The van der Waals surface area contributed by atoms with Crippen molar-refractivity contribution >= 4 is 34.4 Å². The van der Waals surface area contributed by atoms with Crippen LogP contribution < -0.4 is 10.6 Å². The Morgan fingerprint density at radius 3 is 2.72 bits per heavy atom. The number of fused-ring (bicyclic) bond motifs is 4. The summed E-state index contributed by atoms with van der Waals surface area (Å²) in [5.41, 5.74) is 0.425. The van der Waals surface area contributed by atoms with E-state index in [-0.39, 0.29) is 30.8 Å². The average Bonchev–Trinajstić information content (AvgIpc) is 3.13. The van der Waals surface area contributed by atoms with Crippen LogP contribution in [0.3, 0.4) is 0 Å². The van der Waals surface area contributed by atoms with Gasteiger partial charge in [0.2, 0.25) is 0 Å². The molecule has 2 bridgehead atoms. The fraction of sp³-hybridized carbons (Fsp3) is 0.462. The molecule has 3 rings (SSSR count). The van der Waals surface area contributed by atoms with Gasteiger partial charge in [-0.15, -0.1) is 4.28 Å². The van der Waals surface area contributed by atoms with Gasteiger partial charge in [-0.1, -0.05) is 0 Å². The van der Waals surface area contributed by atoms with Crippen molar-refractivity contribution in [1.82, 2.24) is 30.4 Å². The first-order valence-electron chi connectivity index (χ1n) is 8.23. The first-order chi connectivity index (χ1) is 13.5. The third-order valence-electron chi connectivity index (χ3n) is 4.32. The lowest BCUT2D eigenvalue weighted by Crippen LogP contribution is -2.41. The van der Waals surface area contributed by atoms with Crippen LogP contribution in [0.2, 0.25) is 0 Å². The summed E-state index contributed by atoms with van der Waals surface area (Å²) in [6.45, 7) is 1.86. The molecule has 29 heavy (non-hydrogen) atoms. The molecule has 0 aromatic carbocycles. The Morgan fingerprint density at radius 2 is 2.14 bits per heavy atom.